The van der Waals surface area contributed by atoms with Crippen LogP contribution < -0.4 is 9.47 Å². The fraction of sp³-hybridized carbons (Fsp3) is 0.538. The van der Waals surface area contributed by atoms with E-state index in [0.29, 0.717) is 47.4 Å². The average molecular weight is 502 g/mol. The molecule has 0 fully saturated rings. The number of ether oxygens (including phenoxy) is 3. The van der Waals surface area contributed by atoms with Crippen molar-refractivity contribution in [1.82, 2.24) is 0 Å². The molecular weight excluding hydrogens is 467 g/mol. The quantitative estimate of drug-likeness (QED) is 0.276. The molecule has 0 amide bonds. The topological polar surface area (TPSA) is 27.7 Å². The molecule has 2 aromatic carbocycles. The van der Waals surface area contributed by atoms with Crippen LogP contribution in [0.1, 0.15) is 52.7 Å². The molecule has 0 bridgehead atoms. The lowest BCUT2D eigenvalue weighted by Gasteiger charge is -2.27. The molecule has 3 nitrogen and oxygen atoms in total. The maximum absolute atomic E-state index is 6.52. The van der Waals surface area contributed by atoms with E-state index < -0.39 is 0 Å². The summed E-state index contributed by atoms with van der Waals surface area (Å²) in [6, 6.07) is 12.0. The molecule has 0 radical (unpaired) electrons. The van der Waals surface area contributed by atoms with Gasteiger partial charge in [0.1, 0.15) is 5.75 Å². The Morgan fingerprint density at radius 1 is 0.781 bits per heavy atom. The van der Waals surface area contributed by atoms with Gasteiger partial charge in [-0.3, -0.25) is 0 Å². The summed E-state index contributed by atoms with van der Waals surface area (Å²) < 4.78 is 17.4. The largest absolute Gasteiger partial charge is 0.493 e. The van der Waals surface area contributed by atoms with Gasteiger partial charge < -0.3 is 14.2 Å². The van der Waals surface area contributed by atoms with Crippen LogP contribution in [0.2, 0.25) is 10.0 Å². The molecule has 6 heteroatoms. The van der Waals surface area contributed by atoms with E-state index in [1.165, 1.54) is 0 Å². The van der Waals surface area contributed by atoms with Gasteiger partial charge in [0.2, 0.25) is 0 Å². The summed E-state index contributed by atoms with van der Waals surface area (Å²) in [6.07, 6.45) is 0.232. The van der Waals surface area contributed by atoms with E-state index in [4.69, 9.17) is 49.0 Å². The van der Waals surface area contributed by atoms with E-state index in [9.17, 15) is 0 Å². The van der Waals surface area contributed by atoms with Gasteiger partial charge in [-0.05, 0) is 49.2 Å². The van der Waals surface area contributed by atoms with Crippen LogP contribution >= 0.6 is 34.8 Å². The first kappa shape index (κ1) is 27.1. The second-order valence-electron chi connectivity index (χ2n) is 9.29. The summed E-state index contributed by atoms with van der Waals surface area (Å²) in [6.45, 7) is 14.3. The molecule has 178 valence electrons. The summed E-state index contributed by atoms with van der Waals surface area (Å²) in [7, 11) is 0. The van der Waals surface area contributed by atoms with Crippen LogP contribution in [-0.2, 0) is 10.2 Å². The van der Waals surface area contributed by atoms with Crippen molar-refractivity contribution in [3.8, 4) is 11.5 Å². The highest BCUT2D eigenvalue weighted by Gasteiger charge is 2.26. The van der Waals surface area contributed by atoms with Gasteiger partial charge in [-0.1, -0.05) is 63.0 Å². The van der Waals surface area contributed by atoms with Gasteiger partial charge in [-0.15, -0.1) is 11.6 Å². The molecule has 0 aliphatic heterocycles. The lowest BCUT2D eigenvalue weighted by Crippen LogP contribution is -2.19. The standard InChI is InChI=1S/C26H35Cl3O3/c1-17(2)30-15-19(4)16-31-22-9-7-20(8-10-22)26(5,6)21-11-23(28)25(24(29)12-21)32-14-18(3)13-27/h7-12,17-19H,13-16H2,1-6H3/t18-,19-/m1/s1. The number of halogens is 3. The minimum atomic E-state index is -0.299. The van der Waals surface area contributed by atoms with E-state index in [-0.39, 0.29) is 17.4 Å². The van der Waals surface area contributed by atoms with Gasteiger partial charge in [0, 0.05) is 23.1 Å². The highest BCUT2D eigenvalue weighted by atomic mass is 35.5. The molecule has 0 unspecified atom stereocenters. The molecule has 2 rings (SSSR count). The molecule has 0 saturated heterocycles. The van der Waals surface area contributed by atoms with Gasteiger partial charge in [0.15, 0.2) is 5.75 Å². The number of benzene rings is 2. The van der Waals surface area contributed by atoms with E-state index >= 15 is 0 Å². The smallest absolute Gasteiger partial charge is 0.156 e. The molecule has 0 aromatic heterocycles. The average Bonchev–Trinajstić information content (AvgIpc) is 2.75. The van der Waals surface area contributed by atoms with Gasteiger partial charge in [-0.25, -0.2) is 0 Å². The first-order valence-electron chi connectivity index (χ1n) is 11.1. The Bertz CT molecular complexity index is 827. The SMILES string of the molecule is CC(C)OC[C@@H](C)COc1ccc(C(C)(C)c2cc(Cl)c(OC[C@H](C)CCl)c(Cl)c2)cc1. The maximum atomic E-state index is 6.52. The first-order chi connectivity index (χ1) is 15.0. The van der Waals surface area contributed by atoms with Crippen LogP contribution in [0.3, 0.4) is 0 Å². The molecule has 2 aromatic rings. The Morgan fingerprint density at radius 3 is 1.88 bits per heavy atom. The number of hydrogen-bond donors (Lipinski definition) is 0. The van der Waals surface area contributed by atoms with Crippen molar-refractivity contribution in [2.45, 2.75) is 53.1 Å². The first-order valence-corrected chi connectivity index (χ1v) is 12.4. The molecule has 0 heterocycles. The van der Waals surface area contributed by atoms with Crippen LogP contribution in [0.5, 0.6) is 11.5 Å². The predicted molar refractivity (Wildman–Crippen MR) is 136 cm³/mol. The summed E-state index contributed by atoms with van der Waals surface area (Å²) in [4.78, 5) is 0. The third-order valence-corrected chi connectivity index (χ3v) is 6.41. The fourth-order valence-corrected chi connectivity index (χ4v) is 3.79. The number of rotatable bonds is 12. The highest BCUT2D eigenvalue weighted by Crippen LogP contribution is 2.40. The summed E-state index contributed by atoms with van der Waals surface area (Å²) in [5, 5.41) is 1.000. The number of hydrogen-bond acceptors (Lipinski definition) is 3. The Labute approximate surface area is 208 Å². The Balaban J connectivity index is 2.09. The molecule has 2 atom stereocenters. The van der Waals surface area contributed by atoms with E-state index in [1.54, 1.807) is 0 Å². The summed E-state index contributed by atoms with van der Waals surface area (Å²) in [5.41, 5.74) is 1.85. The van der Waals surface area contributed by atoms with Crippen LogP contribution in [-0.4, -0.2) is 31.8 Å². The van der Waals surface area contributed by atoms with Crippen LogP contribution in [0.25, 0.3) is 0 Å². The number of alkyl halides is 1. The van der Waals surface area contributed by atoms with Crippen molar-refractivity contribution in [2.75, 3.05) is 25.7 Å². The Hall–Kier alpha value is -1.13. The molecule has 0 saturated carbocycles. The minimum absolute atomic E-state index is 0.214. The van der Waals surface area contributed by atoms with Crippen LogP contribution in [0.4, 0.5) is 0 Å². The molecule has 0 spiro atoms. The van der Waals surface area contributed by atoms with Crippen LogP contribution in [0.15, 0.2) is 36.4 Å². The van der Waals surface area contributed by atoms with E-state index in [0.717, 1.165) is 16.9 Å². The van der Waals surface area contributed by atoms with Gasteiger partial charge in [0.05, 0.1) is 36.0 Å². The van der Waals surface area contributed by atoms with Gasteiger partial charge in [0.25, 0.3) is 0 Å². The summed E-state index contributed by atoms with van der Waals surface area (Å²) >= 11 is 18.9. The van der Waals surface area contributed by atoms with Crippen molar-refractivity contribution >= 4 is 34.8 Å². The third kappa shape index (κ3) is 7.73. The third-order valence-electron chi connectivity index (χ3n) is 5.32. The van der Waals surface area contributed by atoms with Gasteiger partial charge in [-0.2, -0.15) is 0 Å². The Kier molecular flexibility index (Phi) is 10.5. The fourth-order valence-electron chi connectivity index (χ4n) is 3.11. The highest BCUT2D eigenvalue weighted by molar-refractivity contribution is 6.37. The second-order valence-corrected chi connectivity index (χ2v) is 10.4. The summed E-state index contributed by atoms with van der Waals surface area (Å²) in [5.74, 6) is 2.40. The van der Waals surface area contributed by atoms with E-state index in [2.05, 4.69) is 32.9 Å². The lowest BCUT2D eigenvalue weighted by atomic mass is 9.78. The maximum Gasteiger partial charge on any atom is 0.156 e. The lowest BCUT2D eigenvalue weighted by molar-refractivity contribution is 0.0427. The molecule has 32 heavy (non-hydrogen) atoms. The van der Waals surface area contributed by atoms with E-state index in [1.807, 2.05) is 45.0 Å². The van der Waals surface area contributed by atoms with Gasteiger partial charge >= 0.3 is 0 Å². The zero-order valence-electron chi connectivity index (χ0n) is 19.9. The Morgan fingerprint density at radius 2 is 1.34 bits per heavy atom. The molecule has 0 N–H and O–H groups in total. The monoisotopic (exact) mass is 500 g/mol. The second kappa shape index (κ2) is 12.4. The van der Waals surface area contributed by atoms with Crippen LogP contribution in [0, 0.1) is 11.8 Å². The normalized spacial score (nSPS) is 13.8. The van der Waals surface area contributed by atoms with Crippen molar-refractivity contribution in [2.24, 2.45) is 11.8 Å². The molecular formula is C26H35Cl3O3. The zero-order chi connectivity index (χ0) is 23.9. The van der Waals surface area contributed by atoms with Crippen molar-refractivity contribution in [3.63, 3.8) is 0 Å². The van der Waals surface area contributed by atoms with Crippen molar-refractivity contribution < 1.29 is 14.2 Å². The van der Waals surface area contributed by atoms with Crippen molar-refractivity contribution in [3.05, 3.63) is 57.6 Å². The molecule has 0 aliphatic carbocycles. The molecule has 0 aliphatic rings. The zero-order valence-corrected chi connectivity index (χ0v) is 22.2. The predicted octanol–water partition coefficient (Wildman–Crippen LogP) is 8.01. The van der Waals surface area contributed by atoms with Crippen molar-refractivity contribution in [1.29, 1.82) is 0 Å². The minimum Gasteiger partial charge on any atom is -0.493 e.